The van der Waals surface area contributed by atoms with E-state index in [2.05, 4.69) is 42.0 Å². The van der Waals surface area contributed by atoms with E-state index in [0.29, 0.717) is 6.54 Å². The van der Waals surface area contributed by atoms with Crippen LogP contribution in [0.2, 0.25) is 0 Å². The molecule has 0 saturated carbocycles. The molecule has 96 valence electrons. The lowest BCUT2D eigenvalue weighted by molar-refractivity contribution is 1.01. The van der Waals surface area contributed by atoms with Crippen molar-refractivity contribution in [1.29, 1.82) is 0 Å². The Morgan fingerprint density at radius 2 is 2.00 bits per heavy atom. The van der Waals surface area contributed by atoms with Crippen molar-refractivity contribution in [2.24, 2.45) is 5.73 Å². The molecule has 0 aliphatic heterocycles. The number of benzene rings is 1. The summed E-state index contributed by atoms with van der Waals surface area (Å²) in [5.41, 5.74) is 12.0. The summed E-state index contributed by atoms with van der Waals surface area (Å²) >= 11 is 0. The van der Waals surface area contributed by atoms with Gasteiger partial charge in [0.25, 0.3) is 0 Å². The second kappa shape index (κ2) is 4.48. The second-order valence-corrected chi connectivity index (χ2v) is 4.78. The Hall–Kier alpha value is -2.20. The molecule has 2 aromatic heterocycles. The number of aromatic nitrogens is 3. The van der Waals surface area contributed by atoms with Gasteiger partial charge in [-0.3, -0.25) is 4.40 Å². The zero-order valence-electron chi connectivity index (χ0n) is 11.1. The van der Waals surface area contributed by atoms with Crippen LogP contribution in [0.3, 0.4) is 0 Å². The van der Waals surface area contributed by atoms with Crippen molar-refractivity contribution in [2.45, 2.75) is 20.4 Å². The van der Waals surface area contributed by atoms with Crippen molar-refractivity contribution in [3.05, 3.63) is 53.6 Å². The average Bonchev–Trinajstić information content (AvgIpc) is 2.83. The molecule has 4 heteroatoms. The number of imidazole rings is 1. The average molecular weight is 252 g/mol. The molecule has 0 atom stereocenters. The third-order valence-corrected chi connectivity index (χ3v) is 3.41. The Kier molecular flexibility index (Phi) is 2.80. The van der Waals surface area contributed by atoms with Gasteiger partial charge >= 0.3 is 0 Å². The maximum absolute atomic E-state index is 5.60. The second-order valence-electron chi connectivity index (χ2n) is 4.78. The van der Waals surface area contributed by atoms with Crippen LogP contribution in [-0.2, 0) is 6.54 Å². The minimum absolute atomic E-state index is 0.445. The number of hydrogen-bond donors (Lipinski definition) is 1. The van der Waals surface area contributed by atoms with Crippen LogP contribution in [0.4, 0.5) is 0 Å². The predicted octanol–water partition coefficient (Wildman–Crippen LogP) is 2.47. The molecule has 1 aromatic carbocycles. The highest BCUT2D eigenvalue weighted by Gasteiger charge is 2.05. The molecule has 3 aromatic rings. The predicted molar refractivity (Wildman–Crippen MR) is 75.8 cm³/mol. The van der Waals surface area contributed by atoms with Gasteiger partial charge in [0.2, 0.25) is 0 Å². The van der Waals surface area contributed by atoms with Crippen molar-refractivity contribution in [3.63, 3.8) is 0 Å². The fourth-order valence-corrected chi connectivity index (χ4v) is 2.10. The standard InChI is InChI=1S/C15H16N4/c1-10-3-4-12(5-11(10)2)14-6-15-18-13(7-16)8-19(15)9-17-14/h3-6,8-9H,7,16H2,1-2H3. The largest absolute Gasteiger partial charge is 0.325 e. The van der Waals surface area contributed by atoms with Crippen LogP contribution in [-0.4, -0.2) is 14.4 Å². The van der Waals surface area contributed by atoms with Crippen LogP contribution < -0.4 is 5.73 Å². The molecule has 4 nitrogen and oxygen atoms in total. The summed E-state index contributed by atoms with van der Waals surface area (Å²) < 4.78 is 1.90. The van der Waals surface area contributed by atoms with E-state index in [1.165, 1.54) is 11.1 Å². The minimum Gasteiger partial charge on any atom is -0.325 e. The molecule has 3 rings (SSSR count). The van der Waals surface area contributed by atoms with Crippen molar-refractivity contribution >= 4 is 5.65 Å². The number of nitrogens with zero attached hydrogens (tertiary/aromatic N) is 3. The molecule has 19 heavy (non-hydrogen) atoms. The minimum atomic E-state index is 0.445. The topological polar surface area (TPSA) is 56.2 Å². The van der Waals surface area contributed by atoms with E-state index in [9.17, 15) is 0 Å². The zero-order chi connectivity index (χ0) is 13.4. The third-order valence-electron chi connectivity index (χ3n) is 3.41. The first-order chi connectivity index (χ1) is 9.17. The van der Waals surface area contributed by atoms with Gasteiger partial charge < -0.3 is 5.73 Å². The molecule has 0 saturated heterocycles. The van der Waals surface area contributed by atoms with Gasteiger partial charge in [0.15, 0.2) is 0 Å². The molecule has 0 amide bonds. The van der Waals surface area contributed by atoms with Gasteiger partial charge in [-0.25, -0.2) is 9.97 Å². The molecule has 0 spiro atoms. The number of rotatable bonds is 2. The van der Waals surface area contributed by atoms with Crippen LogP contribution in [0.1, 0.15) is 16.8 Å². The van der Waals surface area contributed by atoms with Gasteiger partial charge in [-0.1, -0.05) is 12.1 Å². The molecule has 0 aliphatic carbocycles. The Labute approximate surface area is 111 Å². The van der Waals surface area contributed by atoms with E-state index in [4.69, 9.17) is 5.73 Å². The van der Waals surface area contributed by atoms with Gasteiger partial charge in [-0.05, 0) is 31.0 Å². The summed E-state index contributed by atoms with van der Waals surface area (Å²) in [5, 5.41) is 0. The lowest BCUT2D eigenvalue weighted by atomic mass is 10.0. The SMILES string of the molecule is Cc1ccc(-c2cc3nc(CN)cn3cn2)cc1C. The van der Waals surface area contributed by atoms with Crippen molar-refractivity contribution in [1.82, 2.24) is 14.4 Å². The third kappa shape index (κ3) is 2.11. The lowest BCUT2D eigenvalue weighted by Gasteiger charge is -2.05. The Bertz CT molecular complexity index is 743. The molecule has 2 N–H and O–H groups in total. The molecule has 0 radical (unpaired) electrons. The number of nitrogens with two attached hydrogens (primary N) is 1. The van der Waals surface area contributed by atoms with E-state index in [1.807, 2.05) is 16.7 Å². The van der Waals surface area contributed by atoms with Crippen molar-refractivity contribution in [3.8, 4) is 11.3 Å². The van der Waals surface area contributed by atoms with E-state index in [-0.39, 0.29) is 0 Å². The lowest BCUT2D eigenvalue weighted by Crippen LogP contribution is -1.95. The summed E-state index contributed by atoms with van der Waals surface area (Å²) in [6, 6.07) is 8.35. The van der Waals surface area contributed by atoms with Gasteiger partial charge in [0.05, 0.1) is 11.4 Å². The summed E-state index contributed by atoms with van der Waals surface area (Å²) in [4.78, 5) is 8.93. The fourth-order valence-electron chi connectivity index (χ4n) is 2.10. The molecule has 0 fully saturated rings. The van der Waals surface area contributed by atoms with Crippen LogP contribution in [0.5, 0.6) is 0 Å². The quantitative estimate of drug-likeness (QED) is 0.762. The first-order valence-corrected chi connectivity index (χ1v) is 6.28. The van der Waals surface area contributed by atoms with Crippen LogP contribution in [0.15, 0.2) is 36.8 Å². The van der Waals surface area contributed by atoms with Crippen LogP contribution >= 0.6 is 0 Å². The Morgan fingerprint density at radius 1 is 1.16 bits per heavy atom. The summed E-state index contributed by atoms with van der Waals surface area (Å²) in [7, 11) is 0. The number of aryl methyl sites for hydroxylation is 2. The highest BCUT2D eigenvalue weighted by molar-refractivity contribution is 5.64. The van der Waals surface area contributed by atoms with E-state index in [0.717, 1.165) is 22.6 Å². The first kappa shape index (κ1) is 11.9. The van der Waals surface area contributed by atoms with Gasteiger partial charge in [-0.15, -0.1) is 0 Å². The molecule has 0 aliphatic rings. The van der Waals surface area contributed by atoms with E-state index < -0.39 is 0 Å². The summed E-state index contributed by atoms with van der Waals surface area (Å²) in [6.45, 7) is 4.66. The molecule has 0 bridgehead atoms. The number of hydrogen-bond acceptors (Lipinski definition) is 3. The number of fused-ring (bicyclic) bond motifs is 1. The van der Waals surface area contributed by atoms with Crippen LogP contribution in [0, 0.1) is 13.8 Å². The Balaban J connectivity index is 2.11. The summed E-state index contributed by atoms with van der Waals surface area (Å²) in [5.74, 6) is 0. The molecular formula is C15H16N4. The first-order valence-electron chi connectivity index (χ1n) is 6.28. The van der Waals surface area contributed by atoms with Crippen molar-refractivity contribution < 1.29 is 0 Å². The van der Waals surface area contributed by atoms with Gasteiger partial charge in [-0.2, -0.15) is 0 Å². The molecule has 0 unspecified atom stereocenters. The van der Waals surface area contributed by atoms with E-state index in [1.54, 1.807) is 6.33 Å². The fraction of sp³-hybridized carbons (Fsp3) is 0.200. The molecule has 2 heterocycles. The summed E-state index contributed by atoms with van der Waals surface area (Å²) in [6.07, 6.45) is 3.69. The monoisotopic (exact) mass is 252 g/mol. The highest BCUT2D eigenvalue weighted by Crippen LogP contribution is 2.21. The Morgan fingerprint density at radius 3 is 2.74 bits per heavy atom. The highest BCUT2D eigenvalue weighted by atomic mass is 15.0. The zero-order valence-corrected chi connectivity index (χ0v) is 11.1. The maximum Gasteiger partial charge on any atom is 0.140 e. The smallest absolute Gasteiger partial charge is 0.140 e. The van der Waals surface area contributed by atoms with Crippen LogP contribution in [0.25, 0.3) is 16.9 Å². The molecular weight excluding hydrogens is 236 g/mol. The van der Waals surface area contributed by atoms with Crippen molar-refractivity contribution in [2.75, 3.05) is 0 Å². The normalized spacial score (nSPS) is 11.1. The maximum atomic E-state index is 5.60. The van der Waals surface area contributed by atoms with Gasteiger partial charge in [0, 0.05) is 24.4 Å². The van der Waals surface area contributed by atoms with E-state index >= 15 is 0 Å². The van der Waals surface area contributed by atoms with Gasteiger partial charge in [0.1, 0.15) is 12.0 Å².